The molecule has 1 N–H and O–H groups in total. The van der Waals surface area contributed by atoms with E-state index in [1.165, 1.54) is 6.07 Å². The quantitative estimate of drug-likeness (QED) is 0.511. The van der Waals surface area contributed by atoms with E-state index < -0.39 is 11.3 Å². The van der Waals surface area contributed by atoms with Gasteiger partial charge in [0.1, 0.15) is 12.4 Å². The largest absolute Gasteiger partial charge is 0.489 e. The zero-order chi connectivity index (χ0) is 21.6. The molecule has 0 aliphatic carbocycles. The number of carbonyl (C=O) groups is 1. The molecule has 0 spiro atoms. The first-order valence-corrected chi connectivity index (χ1v) is 9.85. The summed E-state index contributed by atoms with van der Waals surface area (Å²) in [5.41, 5.74) is 2.44. The average molecular weight is 411 g/mol. The molecule has 4 rings (SSSR count). The summed E-state index contributed by atoms with van der Waals surface area (Å²) < 4.78 is 7.34. The van der Waals surface area contributed by atoms with Crippen molar-refractivity contribution in [3.63, 3.8) is 0 Å². The molecule has 0 unspecified atom stereocenters. The van der Waals surface area contributed by atoms with E-state index in [-0.39, 0.29) is 5.69 Å². The molecule has 1 aromatic heterocycles. The van der Waals surface area contributed by atoms with Crippen molar-refractivity contribution in [2.24, 2.45) is 0 Å². The predicted octanol–water partition coefficient (Wildman–Crippen LogP) is 4.37. The van der Waals surface area contributed by atoms with Gasteiger partial charge in [-0.05, 0) is 48.9 Å². The van der Waals surface area contributed by atoms with Crippen LogP contribution in [0.3, 0.4) is 0 Å². The van der Waals surface area contributed by atoms with Gasteiger partial charge < -0.3 is 10.1 Å². The summed E-state index contributed by atoms with van der Waals surface area (Å²) in [6, 6.07) is 27.6. The standard InChI is InChI=1S/C25H21N3O3/c1-18-16-23(29)24(27-28(18)21-10-6-3-7-11-21)25(30)26-20-12-14-22(15-13-20)31-17-19-8-4-2-5-9-19/h2-16H,17H2,1H3,(H,26,30). The van der Waals surface area contributed by atoms with Crippen molar-refractivity contribution in [3.8, 4) is 11.4 Å². The second-order valence-corrected chi connectivity index (χ2v) is 7.00. The molecule has 0 saturated carbocycles. The van der Waals surface area contributed by atoms with Crippen LogP contribution in [0.1, 0.15) is 21.7 Å². The Hall–Kier alpha value is -4.19. The van der Waals surface area contributed by atoms with Crippen LogP contribution >= 0.6 is 0 Å². The SMILES string of the molecule is Cc1cc(=O)c(C(=O)Nc2ccc(OCc3ccccc3)cc2)nn1-c1ccccc1. The topological polar surface area (TPSA) is 73.2 Å². The van der Waals surface area contributed by atoms with E-state index in [0.29, 0.717) is 23.7 Å². The first kappa shape index (κ1) is 20.1. The van der Waals surface area contributed by atoms with E-state index in [0.717, 1.165) is 11.3 Å². The van der Waals surface area contributed by atoms with E-state index >= 15 is 0 Å². The highest BCUT2D eigenvalue weighted by Gasteiger charge is 2.15. The highest BCUT2D eigenvalue weighted by Crippen LogP contribution is 2.17. The predicted molar refractivity (Wildman–Crippen MR) is 120 cm³/mol. The van der Waals surface area contributed by atoms with Crippen molar-refractivity contribution in [2.45, 2.75) is 13.5 Å². The summed E-state index contributed by atoms with van der Waals surface area (Å²) in [6.45, 7) is 2.23. The van der Waals surface area contributed by atoms with Crippen LogP contribution in [-0.4, -0.2) is 15.7 Å². The van der Waals surface area contributed by atoms with Gasteiger partial charge in [-0.2, -0.15) is 5.10 Å². The first-order valence-electron chi connectivity index (χ1n) is 9.85. The Morgan fingerprint density at radius 2 is 1.58 bits per heavy atom. The molecule has 1 amide bonds. The molecule has 6 nitrogen and oxygen atoms in total. The van der Waals surface area contributed by atoms with Gasteiger partial charge in [0, 0.05) is 17.4 Å². The number of ether oxygens (including phenoxy) is 1. The molecule has 0 atom stereocenters. The number of aryl methyl sites for hydroxylation is 1. The molecule has 0 saturated heterocycles. The van der Waals surface area contributed by atoms with Gasteiger partial charge >= 0.3 is 0 Å². The lowest BCUT2D eigenvalue weighted by Crippen LogP contribution is -2.26. The Kier molecular flexibility index (Phi) is 5.89. The summed E-state index contributed by atoms with van der Waals surface area (Å²) >= 11 is 0. The lowest BCUT2D eigenvalue weighted by atomic mass is 10.2. The van der Waals surface area contributed by atoms with Crippen LogP contribution in [0.2, 0.25) is 0 Å². The van der Waals surface area contributed by atoms with Crippen molar-refractivity contribution in [1.82, 2.24) is 9.78 Å². The number of amides is 1. The Morgan fingerprint density at radius 3 is 2.26 bits per heavy atom. The number of nitrogens with one attached hydrogen (secondary N) is 1. The molecule has 0 aliphatic rings. The third-order valence-corrected chi connectivity index (χ3v) is 4.68. The maximum absolute atomic E-state index is 12.7. The van der Waals surface area contributed by atoms with Crippen molar-refractivity contribution >= 4 is 11.6 Å². The monoisotopic (exact) mass is 411 g/mol. The van der Waals surface area contributed by atoms with Gasteiger partial charge in [-0.3, -0.25) is 9.59 Å². The molecule has 6 heteroatoms. The third kappa shape index (κ3) is 4.87. The summed E-state index contributed by atoms with van der Waals surface area (Å²) in [5.74, 6) is 0.120. The van der Waals surface area contributed by atoms with Crippen LogP contribution < -0.4 is 15.5 Å². The second kappa shape index (κ2) is 9.09. The molecule has 31 heavy (non-hydrogen) atoms. The van der Waals surface area contributed by atoms with Gasteiger partial charge in [0.2, 0.25) is 5.43 Å². The normalized spacial score (nSPS) is 10.5. The van der Waals surface area contributed by atoms with Gasteiger partial charge in [0.25, 0.3) is 5.91 Å². The number of nitrogens with zero attached hydrogens (tertiary/aromatic N) is 2. The Labute approximate surface area is 179 Å². The Bertz CT molecular complexity index is 1230. The molecular formula is C25H21N3O3. The van der Waals surface area contributed by atoms with Gasteiger partial charge in [-0.25, -0.2) is 4.68 Å². The molecule has 0 radical (unpaired) electrons. The van der Waals surface area contributed by atoms with Gasteiger partial charge in [-0.1, -0.05) is 48.5 Å². The highest BCUT2D eigenvalue weighted by atomic mass is 16.5. The van der Waals surface area contributed by atoms with Crippen molar-refractivity contribution in [1.29, 1.82) is 0 Å². The second-order valence-electron chi connectivity index (χ2n) is 7.00. The number of aromatic nitrogens is 2. The lowest BCUT2D eigenvalue weighted by Gasteiger charge is -2.11. The third-order valence-electron chi connectivity index (χ3n) is 4.68. The molecule has 0 aliphatic heterocycles. The number of hydrogen-bond acceptors (Lipinski definition) is 4. The van der Waals surface area contributed by atoms with Crippen LogP contribution in [0, 0.1) is 6.92 Å². The fourth-order valence-electron chi connectivity index (χ4n) is 3.10. The zero-order valence-electron chi connectivity index (χ0n) is 17.0. The summed E-state index contributed by atoms with van der Waals surface area (Å²) in [7, 11) is 0. The first-order chi connectivity index (χ1) is 15.1. The van der Waals surface area contributed by atoms with E-state index in [2.05, 4.69) is 10.4 Å². The van der Waals surface area contributed by atoms with Gasteiger partial charge in [0.15, 0.2) is 5.69 Å². The fraction of sp³-hybridized carbons (Fsp3) is 0.0800. The minimum absolute atomic E-state index is 0.168. The highest BCUT2D eigenvalue weighted by molar-refractivity contribution is 6.02. The van der Waals surface area contributed by atoms with Gasteiger partial charge in [0.05, 0.1) is 5.69 Å². The molecule has 154 valence electrons. The fourth-order valence-corrected chi connectivity index (χ4v) is 3.10. The smallest absolute Gasteiger partial charge is 0.280 e. The van der Waals surface area contributed by atoms with E-state index in [1.807, 2.05) is 60.7 Å². The van der Waals surface area contributed by atoms with Gasteiger partial charge in [-0.15, -0.1) is 0 Å². The molecular weight excluding hydrogens is 390 g/mol. The molecule has 1 heterocycles. The van der Waals surface area contributed by atoms with Crippen molar-refractivity contribution in [2.75, 3.05) is 5.32 Å². The number of anilines is 1. The summed E-state index contributed by atoms with van der Waals surface area (Å²) in [6.07, 6.45) is 0. The number of para-hydroxylation sites is 1. The maximum atomic E-state index is 12.7. The zero-order valence-corrected chi connectivity index (χ0v) is 17.0. The molecule has 0 bridgehead atoms. The van der Waals surface area contributed by atoms with Crippen LogP contribution in [-0.2, 0) is 6.61 Å². The Morgan fingerprint density at radius 1 is 0.935 bits per heavy atom. The van der Waals surface area contributed by atoms with Crippen molar-refractivity contribution < 1.29 is 9.53 Å². The van der Waals surface area contributed by atoms with Crippen LogP contribution in [0.4, 0.5) is 5.69 Å². The maximum Gasteiger partial charge on any atom is 0.280 e. The van der Waals surface area contributed by atoms with Crippen molar-refractivity contribution in [3.05, 3.63) is 118 Å². The molecule has 3 aromatic carbocycles. The minimum Gasteiger partial charge on any atom is -0.489 e. The molecule has 4 aromatic rings. The number of carbonyl (C=O) groups excluding carboxylic acids is 1. The van der Waals surface area contributed by atoms with E-state index in [4.69, 9.17) is 4.74 Å². The average Bonchev–Trinajstić information content (AvgIpc) is 2.80. The number of rotatable bonds is 6. The van der Waals surface area contributed by atoms with Crippen LogP contribution in [0.5, 0.6) is 5.75 Å². The van der Waals surface area contributed by atoms with Crippen LogP contribution in [0.15, 0.2) is 95.8 Å². The summed E-state index contributed by atoms with van der Waals surface area (Å²) in [4.78, 5) is 25.1. The number of benzene rings is 3. The molecule has 0 fully saturated rings. The Balaban J connectivity index is 1.47. The van der Waals surface area contributed by atoms with E-state index in [1.54, 1.807) is 35.9 Å². The lowest BCUT2D eigenvalue weighted by molar-refractivity contribution is 0.101. The minimum atomic E-state index is -0.562. The summed E-state index contributed by atoms with van der Waals surface area (Å²) in [5, 5.41) is 7.01. The number of hydrogen-bond donors (Lipinski definition) is 1. The van der Waals surface area contributed by atoms with E-state index in [9.17, 15) is 9.59 Å². The van der Waals surface area contributed by atoms with Crippen LogP contribution in [0.25, 0.3) is 5.69 Å².